The van der Waals surface area contributed by atoms with E-state index in [2.05, 4.69) is 27.2 Å². The van der Waals surface area contributed by atoms with Crippen molar-refractivity contribution in [2.24, 2.45) is 5.73 Å². The Hall–Kier alpha value is -3.55. The molecule has 7 nitrogen and oxygen atoms in total. The van der Waals surface area contributed by atoms with Crippen LogP contribution in [0.2, 0.25) is 0 Å². The van der Waals surface area contributed by atoms with Gasteiger partial charge in [-0.3, -0.25) is 4.79 Å². The molecule has 3 heterocycles. The van der Waals surface area contributed by atoms with E-state index in [4.69, 9.17) is 9.89 Å². The van der Waals surface area contributed by atoms with Gasteiger partial charge in [-0.25, -0.2) is 18.9 Å². The number of fused-ring (bicyclic) bond motifs is 1. The predicted octanol–water partition coefficient (Wildman–Crippen LogP) is 3.22. The topological polar surface area (TPSA) is 91.1 Å². The number of aromatic nitrogens is 5. The molecule has 0 aliphatic carbocycles. The van der Waals surface area contributed by atoms with Crippen LogP contribution in [-0.2, 0) is 11.3 Å². The Morgan fingerprint density at radius 3 is 2.54 bits per heavy atom. The normalized spacial score (nSPS) is 10.5. The highest BCUT2D eigenvalue weighted by atomic mass is 19.1. The number of imidazole rings is 2. The number of hydrogen-bond donors (Lipinski definition) is 1. The number of rotatable bonds is 4. The number of halogens is 1. The molecule has 0 spiro atoms. The Kier molecular flexibility index (Phi) is 5.78. The molecule has 3 aromatic heterocycles. The third-order valence-electron chi connectivity index (χ3n) is 4.20. The molecule has 28 heavy (non-hydrogen) atoms. The van der Waals surface area contributed by atoms with Gasteiger partial charge in [-0.15, -0.1) is 0 Å². The maximum Gasteiger partial charge on any atom is 0.204 e. The third-order valence-corrected chi connectivity index (χ3v) is 4.20. The average Bonchev–Trinajstić information content (AvgIpc) is 3.27. The summed E-state index contributed by atoms with van der Waals surface area (Å²) in [5.74, 6) is -0.258. The lowest BCUT2D eigenvalue weighted by Crippen LogP contribution is -2.03. The number of primary amides is 1. The van der Waals surface area contributed by atoms with Gasteiger partial charge in [0.2, 0.25) is 6.41 Å². The summed E-state index contributed by atoms with van der Waals surface area (Å²) in [6, 6.07) is 10.3. The first kappa shape index (κ1) is 19.2. The Labute approximate surface area is 161 Å². The second-order valence-electron chi connectivity index (χ2n) is 6.17. The first-order chi connectivity index (χ1) is 13.6. The summed E-state index contributed by atoms with van der Waals surface area (Å²) < 4.78 is 17.2. The SMILES string of the molecule is CCCn1cnc(-c2ccc(F)cc2)c1-c1ccc2ncc(C)n2n1.NC=O. The van der Waals surface area contributed by atoms with E-state index in [0.29, 0.717) is 0 Å². The van der Waals surface area contributed by atoms with Gasteiger partial charge in [0.25, 0.3) is 0 Å². The fraction of sp³-hybridized carbons (Fsp3) is 0.200. The van der Waals surface area contributed by atoms with Crippen LogP contribution in [0.5, 0.6) is 0 Å². The highest BCUT2D eigenvalue weighted by Gasteiger charge is 2.17. The van der Waals surface area contributed by atoms with E-state index in [1.807, 2.05) is 29.9 Å². The lowest BCUT2D eigenvalue weighted by molar-refractivity contribution is -0.106. The molecular weight excluding hydrogens is 359 g/mol. The molecule has 144 valence electrons. The standard InChI is InChI=1S/C19H18FN5.CH3NO/c1-3-10-24-12-22-18(14-4-6-15(20)7-5-14)19(24)16-8-9-17-21-11-13(2)25(17)23-16;2-1-3/h4-9,11-12H,3,10H2,1-2H3;1H,(H2,2,3). The van der Waals surface area contributed by atoms with Crippen molar-refractivity contribution in [3.8, 4) is 22.6 Å². The fourth-order valence-corrected chi connectivity index (χ4v) is 2.99. The summed E-state index contributed by atoms with van der Waals surface area (Å²) in [5.41, 5.74) is 9.38. The van der Waals surface area contributed by atoms with E-state index in [1.165, 1.54) is 12.1 Å². The van der Waals surface area contributed by atoms with Crippen LogP contribution < -0.4 is 5.73 Å². The van der Waals surface area contributed by atoms with Crippen LogP contribution in [0.15, 0.2) is 48.9 Å². The molecule has 0 fully saturated rings. The van der Waals surface area contributed by atoms with Gasteiger partial charge in [0.05, 0.1) is 29.6 Å². The number of nitrogens with two attached hydrogens (primary N) is 1. The highest BCUT2D eigenvalue weighted by molar-refractivity contribution is 5.77. The summed E-state index contributed by atoms with van der Waals surface area (Å²) in [6.45, 7) is 4.94. The lowest BCUT2D eigenvalue weighted by Gasteiger charge is -2.10. The van der Waals surface area contributed by atoms with Crippen LogP contribution in [0.3, 0.4) is 0 Å². The number of carbonyl (C=O) groups excluding carboxylic acids is 1. The van der Waals surface area contributed by atoms with Crippen molar-refractivity contribution >= 4 is 12.1 Å². The molecule has 4 aromatic rings. The summed E-state index contributed by atoms with van der Waals surface area (Å²) in [6.07, 6.45) is 4.86. The first-order valence-corrected chi connectivity index (χ1v) is 8.87. The summed E-state index contributed by atoms with van der Waals surface area (Å²) >= 11 is 0. The van der Waals surface area contributed by atoms with Gasteiger partial charge < -0.3 is 10.3 Å². The minimum Gasteiger partial charge on any atom is -0.372 e. The van der Waals surface area contributed by atoms with Gasteiger partial charge in [-0.1, -0.05) is 6.92 Å². The number of nitrogens with zero attached hydrogens (tertiary/aromatic N) is 5. The van der Waals surface area contributed by atoms with Crippen molar-refractivity contribution < 1.29 is 9.18 Å². The molecular formula is C20H21FN6O. The zero-order valence-electron chi connectivity index (χ0n) is 15.7. The quantitative estimate of drug-likeness (QED) is 0.550. The van der Waals surface area contributed by atoms with Crippen molar-refractivity contribution in [1.29, 1.82) is 0 Å². The van der Waals surface area contributed by atoms with Crippen LogP contribution in [-0.4, -0.2) is 30.6 Å². The number of aryl methyl sites for hydroxylation is 2. The van der Waals surface area contributed by atoms with Gasteiger partial charge >= 0.3 is 0 Å². The molecule has 2 N–H and O–H groups in total. The minimum atomic E-state index is -0.258. The monoisotopic (exact) mass is 380 g/mol. The molecule has 0 radical (unpaired) electrons. The Bertz CT molecular complexity index is 1080. The number of amides is 1. The van der Waals surface area contributed by atoms with E-state index < -0.39 is 0 Å². The minimum absolute atomic E-state index is 0.250. The van der Waals surface area contributed by atoms with Crippen LogP contribution >= 0.6 is 0 Å². The van der Waals surface area contributed by atoms with E-state index in [0.717, 1.165) is 47.0 Å². The second-order valence-corrected chi connectivity index (χ2v) is 6.17. The molecule has 1 aromatic carbocycles. The molecule has 0 unspecified atom stereocenters. The van der Waals surface area contributed by atoms with Crippen LogP contribution in [0, 0.1) is 12.7 Å². The van der Waals surface area contributed by atoms with Crippen LogP contribution in [0.4, 0.5) is 4.39 Å². The van der Waals surface area contributed by atoms with Gasteiger partial charge in [-0.05, 0) is 49.7 Å². The van der Waals surface area contributed by atoms with E-state index in [1.54, 1.807) is 18.3 Å². The number of hydrogen-bond acceptors (Lipinski definition) is 4. The second kappa shape index (κ2) is 8.43. The zero-order valence-corrected chi connectivity index (χ0v) is 15.7. The molecule has 0 atom stereocenters. The number of benzene rings is 1. The molecule has 0 saturated heterocycles. The molecule has 0 bridgehead atoms. The zero-order chi connectivity index (χ0) is 20.1. The van der Waals surface area contributed by atoms with E-state index >= 15 is 0 Å². The van der Waals surface area contributed by atoms with Crippen molar-refractivity contribution in [3.05, 3.63) is 60.4 Å². The van der Waals surface area contributed by atoms with Crippen molar-refractivity contribution in [2.45, 2.75) is 26.8 Å². The summed E-state index contributed by atoms with van der Waals surface area (Å²) in [7, 11) is 0. The molecule has 4 rings (SSSR count). The third kappa shape index (κ3) is 3.75. The van der Waals surface area contributed by atoms with E-state index in [9.17, 15) is 4.39 Å². The highest BCUT2D eigenvalue weighted by Crippen LogP contribution is 2.30. The molecule has 0 saturated carbocycles. The Morgan fingerprint density at radius 1 is 1.14 bits per heavy atom. The van der Waals surface area contributed by atoms with Gasteiger partial charge in [0, 0.05) is 12.1 Å². The van der Waals surface area contributed by atoms with Gasteiger partial charge in [-0.2, -0.15) is 5.10 Å². The summed E-state index contributed by atoms with van der Waals surface area (Å²) in [5, 5.41) is 4.74. The first-order valence-electron chi connectivity index (χ1n) is 8.87. The van der Waals surface area contributed by atoms with Gasteiger partial charge in [0.1, 0.15) is 11.5 Å². The maximum atomic E-state index is 13.3. The smallest absolute Gasteiger partial charge is 0.204 e. The average molecular weight is 380 g/mol. The Balaban J connectivity index is 0.000000706. The number of carbonyl (C=O) groups is 1. The van der Waals surface area contributed by atoms with Crippen LogP contribution in [0.1, 0.15) is 19.0 Å². The molecule has 0 aliphatic heterocycles. The van der Waals surface area contributed by atoms with E-state index in [-0.39, 0.29) is 12.2 Å². The maximum absolute atomic E-state index is 13.3. The van der Waals surface area contributed by atoms with Crippen LogP contribution in [0.25, 0.3) is 28.3 Å². The predicted molar refractivity (Wildman–Crippen MR) is 105 cm³/mol. The molecule has 1 amide bonds. The Morgan fingerprint density at radius 2 is 1.86 bits per heavy atom. The molecule has 0 aliphatic rings. The van der Waals surface area contributed by atoms with Crippen molar-refractivity contribution in [3.63, 3.8) is 0 Å². The summed E-state index contributed by atoms with van der Waals surface area (Å²) in [4.78, 5) is 17.5. The van der Waals surface area contributed by atoms with Crippen molar-refractivity contribution in [1.82, 2.24) is 24.1 Å². The fourth-order valence-electron chi connectivity index (χ4n) is 2.99. The van der Waals surface area contributed by atoms with Gasteiger partial charge in [0.15, 0.2) is 5.65 Å². The largest absolute Gasteiger partial charge is 0.372 e. The lowest BCUT2D eigenvalue weighted by atomic mass is 10.1. The van der Waals surface area contributed by atoms with Crippen molar-refractivity contribution in [2.75, 3.05) is 0 Å². The molecule has 8 heteroatoms.